The first-order valence-electron chi connectivity index (χ1n) is 11.1. The van der Waals surface area contributed by atoms with E-state index in [0.29, 0.717) is 35.8 Å². The number of hydrogen-bond donors (Lipinski definition) is 0. The predicted octanol–water partition coefficient (Wildman–Crippen LogP) is 5.12. The molecule has 1 aliphatic rings. The Morgan fingerprint density at radius 3 is 2.57 bits per heavy atom. The van der Waals surface area contributed by atoms with Crippen molar-refractivity contribution in [3.63, 3.8) is 0 Å². The van der Waals surface area contributed by atoms with Crippen molar-refractivity contribution in [1.29, 1.82) is 0 Å². The Kier molecular flexibility index (Phi) is 7.55. The van der Waals surface area contributed by atoms with Crippen molar-refractivity contribution in [3.8, 4) is 11.5 Å². The first-order chi connectivity index (χ1) is 16.8. The smallest absolute Gasteiger partial charge is 0.417 e. The SMILES string of the molecule is COc1cc(CN(Cc2cccnc2)C(=O)c2ccccc2C(F)(F)F)ccc1O[C@H]1CCOC1. The molecule has 3 aromatic rings. The summed E-state index contributed by atoms with van der Waals surface area (Å²) in [5.41, 5.74) is -0.00423. The molecule has 4 rings (SSSR count). The minimum Gasteiger partial charge on any atom is -0.493 e. The Hall–Kier alpha value is -3.59. The maximum absolute atomic E-state index is 13.6. The third kappa shape index (κ3) is 6.10. The minimum absolute atomic E-state index is 0.0586. The highest BCUT2D eigenvalue weighted by Gasteiger charge is 2.36. The zero-order valence-corrected chi connectivity index (χ0v) is 19.1. The van der Waals surface area contributed by atoms with Gasteiger partial charge in [0.25, 0.3) is 5.91 Å². The van der Waals surface area contributed by atoms with Crippen LogP contribution in [-0.4, -0.2) is 42.2 Å². The van der Waals surface area contributed by atoms with Crippen LogP contribution in [0.1, 0.15) is 33.5 Å². The molecule has 2 aromatic carbocycles. The molecule has 1 atom stereocenters. The van der Waals surface area contributed by atoms with Crippen molar-refractivity contribution in [2.75, 3.05) is 20.3 Å². The van der Waals surface area contributed by atoms with E-state index in [1.807, 2.05) is 0 Å². The van der Waals surface area contributed by atoms with Gasteiger partial charge < -0.3 is 19.1 Å². The topological polar surface area (TPSA) is 60.9 Å². The minimum atomic E-state index is -4.65. The largest absolute Gasteiger partial charge is 0.493 e. The highest BCUT2D eigenvalue weighted by atomic mass is 19.4. The fourth-order valence-corrected chi connectivity index (χ4v) is 3.91. The molecule has 9 heteroatoms. The normalized spacial score (nSPS) is 15.6. The zero-order chi connectivity index (χ0) is 24.8. The molecular weight excluding hydrogens is 461 g/mol. The highest BCUT2D eigenvalue weighted by molar-refractivity contribution is 5.95. The van der Waals surface area contributed by atoms with Gasteiger partial charge in [0.1, 0.15) is 6.10 Å². The van der Waals surface area contributed by atoms with Gasteiger partial charge in [0, 0.05) is 31.9 Å². The zero-order valence-electron chi connectivity index (χ0n) is 19.1. The van der Waals surface area contributed by atoms with E-state index in [-0.39, 0.29) is 19.2 Å². The standard InChI is InChI=1S/C26H25F3N2O4/c1-33-24-13-18(8-9-23(24)35-20-10-12-34-17-20)15-31(16-19-5-4-11-30-14-19)25(32)21-6-2-3-7-22(21)26(27,28)29/h2-9,11,13-14,20H,10,12,15-17H2,1H3/t20-/m0/s1. The Balaban J connectivity index is 1.63. The van der Waals surface area contributed by atoms with E-state index in [9.17, 15) is 18.0 Å². The molecule has 184 valence electrons. The summed E-state index contributed by atoms with van der Waals surface area (Å²) in [4.78, 5) is 18.8. The maximum Gasteiger partial charge on any atom is 0.417 e. The van der Waals surface area contributed by atoms with E-state index in [2.05, 4.69) is 4.98 Å². The first kappa shape index (κ1) is 24.5. The third-order valence-electron chi connectivity index (χ3n) is 5.63. The van der Waals surface area contributed by atoms with E-state index in [1.54, 1.807) is 42.7 Å². The number of ether oxygens (including phenoxy) is 3. The second-order valence-corrected chi connectivity index (χ2v) is 8.15. The van der Waals surface area contributed by atoms with Crippen LogP contribution in [-0.2, 0) is 24.0 Å². The summed E-state index contributed by atoms with van der Waals surface area (Å²) >= 11 is 0. The van der Waals surface area contributed by atoms with Gasteiger partial charge in [0.2, 0.25) is 0 Å². The number of benzene rings is 2. The summed E-state index contributed by atoms with van der Waals surface area (Å²) in [5.74, 6) is 0.280. The van der Waals surface area contributed by atoms with Crippen LogP contribution in [0.25, 0.3) is 0 Å². The molecule has 0 unspecified atom stereocenters. The summed E-state index contributed by atoms with van der Waals surface area (Å²) < 4.78 is 57.6. The van der Waals surface area contributed by atoms with Crippen LogP contribution in [0.3, 0.4) is 0 Å². The van der Waals surface area contributed by atoms with Crippen molar-refractivity contribution >= 4 is 5.91 Å². The number of halogens is 3. The lowest BCUT2D eigenvalue weighted by molar-refractivity contribution is -0.138. The molecule has 1 saturated heterocycles. The van der Waals surface area contributed by atoms with Crippen molar-refractivity contribution in [3.05, 3.63) is 89.2 Å². The van der Waals surface area contributed by atoms with Crippen molar-refractivity contribution in [2.24, 2.45) is 0 Å². The Morgan fingerprint density at radius 2 is 1.89 bits per heavy atom. The average Bonchev–Trinajstić information content (AvgIpc) is 3.37. The summed E-state index contributed by atoms with van der Waals surface area (Å²) in [5, 5.41) is 0. The van der Waals surface area contributed by atoms with Crippen molar-refractivity contribution < 1.29 is 32.2 Å². The molecule has 0 radical (unpaired) electrons. The number of carbonyl (C=O) groups excluding carboxylic acids is 1. The van der Waals surface area contributed by atoms with Crippen LogP contribution < -0.4 is 9.47 Å². The van der Waals surface area contributed by atoms with Gasteiger partial charge in [0.05, 0.1) is 31.5 Å². The molecule has 1 amide bonds. The van der Waals surface area contributed by atoms with Gasteiger partial charge in [-0.15, -0.1) is 0 Å². The van der Waals surface area contributed by atoms with E-state index < -0.39 is 23.2 Å². The molecule has 0 saturated carbocycles. The lowest BCUT2D eigenvalue weighted by Crippen LogP contribution is -2.32. The summed E-state index contributed by atoms with van der Waals surface area (Å²) in [7, 11) is 1.51. The van der Waals surface area contributed by atoms with Crippen LogP contribution in [0, 0.1) is 0 Å². The van der Waals surface area contributed by atoms with Crippen LogP contribution in [0.15, 0.2) is 67.0 Å². The van der Waals surface area contributed by atoms with Crippen LogP contribution in [0.5, 0.6) is 11.5 Å². The number of nitrogens with zero attached hydrogens (tertiary/aromatic N) is 2. The number of methoxy groups -OCH3 is 1. The number of rotatable bonds is 8. The van der Waals surface area contributed by atoms with E-state index in [1.165, 1.54) is 30.2 Å². The van der Waals surface area contributed by atoms with Gasteiger partial charge in [-0.3, -0.25) is 9.78 Å². The first-order valence-corrected chi connectivity index (χ1v) is 11.1. The van der Waals surface area contributed by atoms with E-state index in [0.717, 1.165) is 12.5 Å². The molecule has 2 heterocycles. The van der Waals surface area contributed by atoms with Gasteiger partial charge in [-0.05, 0) is 41.5 Å². The summed E-state index contributed by atoms with van der Waals surface area (Å²) in [6.45, 7) is 1.27. The molecule has 6 nitrogen and oxygen atoms in total. The predicted molar refractivity (Wildman–Crippen MR) is 122 cm³/mol. The quantitative estimate of drug-likeness (QED) is 0.442. The number of carbonyl (C=O) groups is 1. The molecule has 0 bridgehead atoms. The Bertz CT molecular complexity index is 1150. The lowest BCUT2D eigenvalue weighted by Gasteiger charge is -2.25. The number of alkyl halides is 3. The third-order valence-corrected chi connectivity index (χ3v) is 5.63. The Morgan fingerprint density at radius 1 is 1.09 bits per heavy atom. The van der Waals surface area contributed by atoms with Gasteiger partial charge in [-0.2, -0.15) is 13.2 Å². The number of aromatic nitrogens is 1. The van der Waals surface area contributed by atoms with Crippen molar-refractivity contribution in [2.45, 2.75) is 31.8 Å². The average molecular weight is 486 g/mol. The number of amides is 1. The molecule has 0 aliphatic carbocycles. The van der Waals surface area contributed by atoms with Gasteiger partial charge >= 0.3 is 6.18 Å². The number of hydrogen-bond acceptors (Lipinski definition) is 5. The van der Waals surface area contributed by atoms with Crippen LogP contribution in [0.4, 0.5) is 13.2 Å². The highest BCUT2D eigenvalue weighted by Crippen LogP contribution is 2.34. The fraction of sp³-hybridized carbons (Fsp3) is 0.308. The van der Waals surface area contributed by atoms with E-state index >= 15 is 0 Å². The summed E-state index contributed by atoms with van der Waals surface area (Å²) in [6, 6.07) is 13.5. The molecular formula is C26H25F3N2O4. The van der Waals surface area contributed by atoms with Crippen LogP contribution >= 0.6 is 0 Å². The van der Waals surface area contributed by atoms with Crippen LogP contribution in [0.2, 0.25) is 0 Å². The lowest BCUT2D eigenvalue weighted by atomic mass is 10.0. The second-order valence-electron chi connectivity index (χ2n) is 8.15. The Labute approximate surface area is 201 Å². The monoisotopic (exact) mass is 486 g/mol. The van der Waals surface area contributed by atoms with Gasteiger partial charge in [-0.1, -0.05) is 24.3 Å². The maximum atomic E-state index is 13.6. The van der Waals surface area contributed by atoms with Gasteiger partial charge in [0.15, 0.2) is 11.5 Å². The molecule has 0 N–H and O–H groups in total. The van der Waals surface area contributed by atoms with Gasteiger partial charge in [-0.25, -0.2) is 0 Å². The van der Waals surface area contributed by atoms with E-state index in [4.69, 9.17) is 14.2 Å². The molecule has 1 aromatic heterocycles. The van der Waals surface area contributed by atoms with Crippen molar-refractivity contribution in [1.82, 2.24) is 9.88 Å². The molecule has 1 fully saturated rings. The fourth-order valence-electron chi connectivity index (χ4n) is 3.91. The second kappa shape index (κ2) is 10.8. The summed E-state index contributed by atoms with van der Waals surface area (Å²) in [6.07, 6.45) is -0.780. The molecule has 35 heavy (non-hydrogen) atoms. The molecule has 0 spiro atoms. The number of pyridine rings is 1. The molecule has 1 aliphatic heterocycles.